The van der Waals surface area contributed by atoms with Crippen LogP contribution in [0.3, 0.4) is 0 Å². The maximum absolute atomic E-state index is 13.7. The van der Waals surface area contributed by atoms with Crippen LogP contribution in [0.1, 0.15) is 22.3 Å². The number of benzene rings is 1. The van der Waals surface area contributed by atoms with Crippen molar-refractivity contribution >= 4 is 16.0 Å². The summed E-state index contributed by atoms with van der Waals surface area (Å²) in [7, 11) is -4.01. The molecule has 0 aliphatic carbocycles. The molecular formula is C14H17F2NO5S. The van der Waals surface area contributed by atoms with Crippen LogP contribution in [0.25, 0.3) is 0 Å². The minimum absolute atomic E-state index is 0.0475. The molecule has 0 radical (unpaired) electrons. The number of aryl methyl sites for hydroxylation is 1. The quantitative estimate of drug-likeness (QED) is 0.843. The molecule has 23 heavy (non-hydrogen) atoms. The van der Waals surface area contributed by atoms with E-state index in [0.29, 0.717) is 0 Å². The molecule has 2 rings (SSSR count). The van der Waals surface area contributed by atoms with Crippen LogP contribution in [0.15, 0.2) is 23.1 Å². The molecule has 2 N–H and O–H groups in total. The first-order valence-electron chi connectivity index (χ1n) is 6.92. The molecule has 6 nitrogen and oxygen atoms in total. The zero-order valence-corrected chi connectivity index (χ0v) is 13.2. The molecule has 0 spiro atoms. The Labute approximate surface area is 132 Å². The van der Waals surface area contributed by atoms with E-state index in [4.69, 9.17) is 9.84 Å². The van der Waals surface area contributed by atoms with E-state index >= 15 is 0 Å². The summed E-state index contributed by atoms with van der Waals surface area (Å²) in [5.74, 6) is -5.39. The standard InChI is InChI=1S/C14H17F2NO5S/c1-9-6-10(13(18)19)2-3-12(9)23(20,21)17-7-11-8-22-5-4-14(11,15)16/h2-3,6,11,17H,4-5,7-8H2,1H3,(H,18,19). The van der Waals surface area contributed by atoms with E-state index in [9.17, 15) is 22.0 Å². The number of halogens is 2. The molecule has 1 saturated heterocycles. The van der Waals surface area contributed by atoms with Crippen LogP contribution >= 0.6 is 0 Å². The predicted octanol–water partition coefficient (Wildman–Crippen LogP) is 1.64. The lowest BCUT2D eigenvalue weighted by Gasteiger charge is -2.31. The van der Waals surface area contributed by atoms with Gasteiger partial charge in [0, 0.05) is 13.0 Å². The highest BCUT2D eigenvalue weighted by atomic mass is 32.2. The Bertz CT molecular complexity index is 705. The minimum Gasteiger partial charge on any atom is -0.478 e. The Hall–Kier alpha value is -1.58. The molecule has 9 heteroatoms. The van der Waals surface area contributed by atoms with Gasteiger partial charge in [0.25, 0.3) is 5.92 Å². The monoisotopic (exact) mass is 349 g/mol. The van der Waals surface area contributed by atoms with Crippen LogP contribution in [-0.2, 0) is 14.8 Å². The van der Waals surface area contributed by atoms with Crippen LogP contribution in [0.2, 0.25) is 0 Å². The molecule has 0 saturated carbocycles. The van der Waals surface area contributed by atoms with Gasteiger partial charge >= 0.3 is 5.97 Å². The van der Waals surface area contributed by atoms with Crippen molar-refractivity contribution in [1.82, 2.24) is 4.72 Å². The van der Waals surface area contributed by atoms with E-state index in [1.807, 2.05) is 0 Å². The SMILES string of the molecule is Cc1cc(C(=O)O)ccc1S(=O)(=O)NCC1COCCC1(F)F. The first-order valence-corrected chi connectivity index (χ1v) is 8.41. The van der Waals surface area contributed by atoms with Gasteiger partial charge in [-0.25, -0.2) is 26.7 Å². The van der Waals surface area contributed by atoms with Crippen molar-refractivity contribution in [1.29, 1.82) is 0 Å². The molecule has 1 aliphatic rings. The average Bonchev–Trinajstić information content (AvgIpc) is 2.45. The molecule has 0 aromatic heterocycles. The van der Waals surface area contributed by atoms with Gasteiger partial charge in [0.1, 0.15) is 0 Å². The number of carboxylic acids is 1. The highest BCUT2D eigenvalue weighted by Crippen LogP contribution is 2.32. The highest BCUT2D eigenvalue weighted by molar-refractivity contribution is 7.89. The number of hydrogen-bond acceptors (Lipinski definition) is 4. The second-order valence-corrected chi connectivity index (χ2v) is 7.16. The molecule has 0 bridgehead atoms. The van der Waals surface area contributed by atoms with Gasteiger partial charge in [-0.2, -0.15) is 0 Å². The lowest BCUT2D eigenvalue weighted by Crippen LogP contribution is -2.45. The van der Waals surface area contributed by atoms with Crippen molar-refractivity contribution in [2.24, 2.45) is 5.92 Å². The smallest absolute Gasteiger partial charge is 0.335 e. The zero-order valence-electron chi connectivity index (χ0n) is 12.4. The second-order valence-electron chi connectivity index (χ2n) is 5.42. The fourth-order valence-electron chi connectivity index (χ4n) is 2.34. The lowest BCUT2D eigenvalue weighted by molar-refractivity contribution is -0.138. The summed E-state index contributed by atoms with van der Waals surface area (Å²) >= 11 is 0. The Balaban J connectivity index is 2.14. The summed E-state index contributed by atoms with van der Waals surface area (Å²) in [5.41, 5.74) is 0.178. The number of carbonyl (C=O) groups is 1. The molecule has 1 heterocycles. The van der Waals surface area contributed by atoms with Crippen molar-refractivity contribution < 1.29 is 31.8 Å². The summed E-state index contributed by atoms with van der Waals surface area (Å²) in [5, 5.41) is 8.87. The van der Waals surface area contributed by atoms with Crippen LogP contribution in [-0.4, -0.2) is 45.2 Å². The fourth-order valence-corrected chi connectivity index (χ4v) is 3.65. The third-order valence-electron chi connectivity index (χ3n) is 3.73. The van der Waals surface area contributed by atoms with Crippen molar-refractivity contribution in [2.45, 2.75) is 24.2 Å². The number of carboxylic acid groups (broad SMARTS) is 1. The van der Waals surface area contributed by atoms with E-state index < -0.39 is 40.8 Å². The van der Waals surface area contributed by atoms with Gasteiger partial charge in [-0.3, -0.25) is 0 Å². The Kier molecular flexibility index (Phi) is 5.02. The number of ether oxygens (including phenoxy) is 1. The summed E-state index contributed by atoms with van der Waals surface area (Å²) in [4.78, 5) is 10.7. The fraction of sp³-hybridized carbons (Fsp3) is 0.500. The van der Waals surface area contributed by atoms with Crippen molar-refractivity contribution in [3.05, 3.63) is 29.3 Å². The summed E-state index contributed by atoms with van der Waals surface area (Å²) in [6.45, 7) is 0.729. The third-order valence-corrected chi connectivity index (χ3v) is 5.31. The van der Waals surface area contributed by atoms with Crippen molar-refractivity contribution in [3.63, 3.8) is 0 Å². The molecule has 1 unspecified atom stereocenters. The number of alkyl halides is 2. The van der Waals surface area contributed by atoms with Crippen LogP contribution in [0.5, 0.6) is 0 Å². The first-order chi connectivity index (χ1) is 10.6. The van der Waals surface area contributed by atoms with Crippen LogP contribution in [0, 0.1) is 12.8 Å². The summed E-state index contributed by atoms with van der Waals surface area (Å²) in [6, 6.07) is 3.52. The van der Waals surface area contributed by atoms with Crippen molar-refractivity contribution in [3.8, 4) is 0 Å². The topological polar surface area (TPSA) is 92.7 Å². The Morgan fingerprint density at radius 2 is 2.17 bits per heavy atom. The van der Waals surface area contributed by atoms with E-state index in [1.54, 1.807) is 0 Å². The van der Waals surface area contributed by atoms with Crippen molar-refractivity contribution in [2.75, 3.05) is 19.8 Å². The molecule has 0 amide bonds. The Morgan fingerprint density at radius 1 is 1.48 bits per heavy atom. The maximum atomic E-state index is 13.7. The van der Waals surface area contributed by atoms with E-state index in [1.165, 1.54) is 13.0 Å². The number of hydrogen-bond donors (Lipinski definition) is 2. The molecule has 1 aliphatic heterocycles. The number of rotatable bonds is 5. The van der Waals surface area contributed by atoms with Gasteiger partial charge in [0.2, 0.25) is 10.0 Å². The zero-order chi connectivity index (χ0) is 17.3. The van der Waals surface area contributed by atoms with Crippen LogP contribution in [0.4, 0.5) is 8.78 Å². The highest BCUT2D eigenvalue weighted by Gasteiger charge is 2.42. The number of nitrogens with one attached hydrogen (secondary N) is 1. The molecule has 1 aromatic carbocycles. The molecular weight excluding hydrogens is 332 g/mol. The van der Waals surface area contributed by atoms with E-state index in [-0.39, 0.29) is 29.2 Å². The van der Waals surface area contributed by atoms with Gasteiger partial charge in [-0.05, 0) is 30.7 Å². The first kappa shape index (κ1) is 17.8. The molecule has 1 atom stereocenters. The summed E-state index contributed by atoms with van der Waals surface area (Å²) < 4.78 is 59.0. The van der Waals surface area contributed by atoms with E-state index in [0.717, 1.165) is 12.1 Å². The second kappa shape index (κ2) is 6.50. The molecule has 1 fully saturated rings. The number of aromatic carboxylic acids is 1. The minimum atomic E-state index is -4.01. The number of sulfonamides is 1. The van der Waals surface area contributed by atoms with Gasteiger partial charge in [0.15, 0.2) is 0 Å². The van der Waals surface area contributed by atoms with E-state index in [2.05, 4.69) is 4.72 Å². The van der Waals surface area contributed by atoms with Gasteiger partial charge in [-0.1, -0.05) is 0 Å². The largest absolute Gasteiger partial charge is 0.478 e. The van der Waals surface area contributed by atoms with Gasteiger partial charge < -0.3 is 9.84 Å². The van der Waals surface area contributed by atoms with Gasteiger partial charge in [0.05, 0.1) is 29.6 Å². The summed E-state index contributed by atoms with van der Waals surface area (Å²) in [6.07, 6.45) is -0.439. The average molecular weight is 349 g/mol. The maximum Gasteiger partial charge on any atom is 0.335 e. The Morgan fingerprint density at radius 3 is 2.74 bits per heavy atom. The van der Waals surface area contributed by atoms with Crippen LogP contribution < -0.4 is 4.72 Å². The predicted molar refractivity (Wildman–Crippen MR) is 77.2 cm³/mol. The normalized spacial score (nSPS) is 21.1. The lowest BCUT2D eigenvalue weighted by atomic mass is 9.98. The van der Waals surface area contributed by atoms with Gasteiger partial charge in [-0.15, -0.1) is 0 Å². The molecule has 1 aromatic rings. The molecule has 128 valence electrons. The third kappa shape index (κ3) is 4.04.